The van der Waals surface area contributed by atoms with Crippen LogP contribution in [0.1, 0.15) is 15.9 Å². The number of halogens is 1. The maximum Gasteiger partial charge on any atom is 0.341 e. The van der Waals surface area contributed by atoms with E-state index in [-0.39, 0.29) is 12.1 Å². The Kier molecular flexibility index (Phi) is 4.21. The SMILES string of the molecule is COc1ccc(Cn2c(=O)c(O)c(C(=O)O)c3sccc32)cc1Cl. The molecule has 0 aliphatic carbocycles. The van der Waals surface area contributed by atoms with Crippen LogP contribution in [-0.2, 0) is 6.54 Å². The van der Waals surface area contributed by atoms with Crippen LogP contribution in [0.4, 0.5) is 0 Å². The van der Waals surface area contributed by atoms with Crippen LogP contribution in [0, 0.1) is 0 Å². The van der Waals surface area contributed by atoms with Gasteiger partial charge in [-0.1, -0.05) is 17.7 Å². The van der Waals surface area contributed by atoms with Crippen LogP contribution in [-0.4, -0.2) is 27.9 Å². The van der Waals surface area contributed by atoms with Gasteiger partial charge >= 0.3 is 5.97 Å². The van der Waals surface area contributed by atoms with Gasteiger partial charge in [-0.05, 0) is 29.1 Å². The molecule has 0 fully saturated rings. The zero-order valence-electron chi connectivity index (χ0n) is 12.4. The van der Waals surface area contributed by atoms with Gasteiger partial charge in [-0.2, -0.15) is 0 Å². The van der Waals surface area contributed by atoms with Crippen molar-refractivity contribution in [1.82, 2.24) is 4.57 Å². The van der Waals surface area contributed by atoms with Crippen LogP contribution in [0.2, 0.25) is 5.02 Å². The lowest BCUT2D eigenvalue weighted by molar-refractivity contribution is 0.0695. The number of aromatic carboxylic acids is 1. The molecule has 0 atom stereocenters. The molecule has 2 heterocycles. The lowest BCUT2D eigenvalue weighted by Gasteiger charge is -2.12. The topological polar surface area (TPSA) is 88.8 Å². The second-order valence-corrected chi connectivity index (χ2v) is 6.35. The fourth-order valence-electron chi connectivity index (χ4n) is 2.50. The summed E-state index contributed by atoms with van der Waals surface area (Å²) in [7, 11) is 1.50. The van der Waals surface area contributed by atoms with Crippen molar-refractivity contribution in [3.63, 3.8) is 0 Å². The summed E-state index contributed by atoms with van der Waals surface area (Å²) in [5, 5.41) is 21.3. The van der Waals surface area contributed by atoms with Gasteiger partial charge in [0.2, 0.25) is 0 Å². The molecule has 24 heavy (non-hydrogen) atoms. The zero-order chi connectivity index (χ0) is 17.4. The summed E-state index contributed by atoms with van der Waals surface area (Å²) < 4.78 is 6.76. The van der Waals surface area contributed by atoms with E-state index in [1.165, 1.54) is 11.7 Å². The Morgan fingerprint density at radius 2 is 2.12 bits per heavy atom. The van der Waals surface area contributed by atoms with Crippen LogP contribution < -0.4 is 10.3 Å². The molecular weight excluding hydrogens is 354 g/mol. The quantitative estimate of drug-likeness (QED) is 0.741. The number of carboxylic acid groups (broad SMARTS) is 1. The van der Waals surface area contributed by atoms with Crippen molar-refractivity contribution in [2.45, 2.75) is 6.54 Å². The van der Waals surface area contributed by atoms with Crippen molar-refractivity contribution in [1.29, 1.82) is 0 Å². The Balaban J connectivity index is 2.17. The monoisotopic (exact) mass is 365 g/mol. The summed E-state index contributed by atoms with van der Waals surface area (Å²) in [5.74, 6) is -1.59. The number of benzene rings is 1. The molecule has 3 rings (SSSR count). The summed E-state index contributed by atoms with van der Waals surface area (Å²) >= 11 is 7.25. The molecule has 3 aromatic rings. The maximum absolute atomic E-state index is 12.4. The first-order valence-electron chi connectivity index (χ1n) is 6.82. The number of thiophene rings is 1. The molecule has 8 heteroatoms. The number of carboxylic acids is 1. The Morgan fingerprint density at radius 3 is 2.75 bits per heavy atom. The van der Waals surface area contributed by atoms with E-state index >= 15 is 0 Å². The Labute approximate surface area is 145 Å². The van der Waals surface area contributed by atoms with Crippen molar-refractivity contribution in [2.75, 3.05) is 7.11 Å². The van der Waals surface area contributed by atoms with Gasteiger partial charge in [-0.15, -0.1) is 11.3 Å². The maximum atomic E-state index is 12.4. The number of rotatable bonds is 4. The highest BCUT2D eigenvalue weighted by atomic mass is 35.5. The second kappa shape index (κ2) is 6.18. The third-order valence-electron chi connectivity index (χ3n) is 3.62. The lowest BCUT2D eigenvalue weighted by Crippen LogP contribution is -2.22. The molecule has 0 saturated heterocycles. The number of ether oxygens (including phenoxy) is 1. The van der Waals surface area contributed by atoms with Crippen molar-refractivity contribution in [2.24, 2.45) is 0 Å². The number of hydrogen-bond donors (Lipinski definition) is 2. The van der Waals surface area contributed by atoms with Crippen molar-refractivity contribution >= 4 is 39.1 Å². The smallest absolute Gasteiger partial charge is 0.341 e. The summed E-state index contributed by atoms with van der Waals surface area (Å²) in [5.41, 5.74) is 0.0456. The van der Waals surface area contributed by atoms with Crippen molar-refractivity contribution in [3.8, 4) is 11.5 Å². The number of methoxy groups -OCH3 is 1. The third kappa shape index (κ3) is 2.61. The highest BCUT2D eigenvalue weighted by molar-refractivity contribution is 7.17. The van der Waals surface area contributed by atoms with E-state index < -0.39 is 17.3 Å². The molecular formula is C16H12ClNO5S. The highest BCUT2D eigenvalue weighted by Gasteiger charge is 2.22. The van der Waals surface area contributed by atoms with Gasteiger partial charge in [0.05, 0.1) is 28.9 Å². The number of nitrogens with zero attached hydrogens (tertiary/aromatic N) is 1. The summed E-state index contributed by atoms with van der Waals surface area (Å²) in [6.07, 6.45) is 0. The summed E-state index contributed by atoms with van der Waals surface area (Å²) in [6, 6.07) is 6.74. The minimum atomic E-state index is -1.34. The molecule has 0 bridgehead atoms. The minimum Gasteiger partial charge on any atom is -0.502 e. The van der Waals surface area contributed by atoms with Gasteiger partial charge in [0.1, 0.15) is 11.3 Å². The number of fused-ring (bicyclic) bond motifs is 1. The van der Waals surface area contributed by atoms with Crippen LogP contribution in [0.25, 0.3) is 10.2 Å². The van der Waals surface area contributed by atoms with Gasteiger partial charge in [-0.25, -0.2) is 4.79 Å². The summed E-state index contributed by atoms with van der Waals surface area (Å²) in [6.45, 7) is 0.142. The molecule has 0 saturated carbocycles. The second-order valence-electron chi connectivity index (χ2n) is 5.02. The molecule has 0 aliphatic rings. The van der Waals surface area contributed by atoms with E-state index in [4.69, 9.17) is 16.3 Å². The number of aromatic nitrogens is 1. The molecule has 0 spiro atoms. The standard InChI is InChI=1S/C16H12ClNO5S/c1-23-11-3-2-8(6-9(11)17)7-18-10-4-5-24-14(10)12(16(21)22)13(19)15(18)20/h2-6,19H,7H2,1H3,(H,21,22). The molecule has 1 aromatic carbocycles. The molecule has 0 radical (unpaired) electrons. The van der Waals surface area contributed by atoms with Crippen LogP contribution in [0.3, 0.4) is 0 Å². The first-order chi connectivity index (χ1) is 11.4. The van der Waals surface area contributed by atoms with E-state index in [1.54, 1.807) is 29.6 Å². The average molecular weight is 366 g/mol. The molecule has 124 valence electrons. The number of hydrogen-bond acceptors (Lipinski definition) is 5. The van der Waals surface area contributed by atoms with Crippen LogP contribution in [0.5, 0.6) is 11.5 Å². The molecule has 2 aromatic heterocycles. The van der Waals surface area contributed by atoms with Crippen LogP contribution >= 0.6 is 22.9 Å². The van der Waals surface area contributed by atoms with Gasteiger partial charge in [0.15, 0.2) is 5.75 Å². The predicted molar refractivity (Wildman–Crippen MR) is 91.8 cm³/mol. The zero-order valence-corrected chi connectivity index (χ0v) is 14.0. The molecule has 2 N–H and O–H groups in total. The number of pyridine rings is 1. The first kappa shape index (κ1) is 16.4. The third-order valence-corrected chi connectivity index (χ3v) is 4.83. The minimum absolute atomic E-state index is 0.142. The molecule has 0 unspecified atom stereocenters. The van der Waals surface area contributed by atoms with Crippen molar-refractivity contribution in [3.05, 3.63) is 56.1 Å². The van der Waals surface area contributed by atoms with Gasteiger partial charge in [0, 0.05) is 0 Å². The van der Waals surface area contributed by atoms with Crippen molar-refractivity contribution < 1.29 is 19.7 Å². The van der Waals surface area contributed by atoms with E-state index in [0.717, 1.165) is 16.9 Å². The van der Waals surface area contributed by atoms with Crippen LogP contribution in [0.15, 0.2) is 34.4 Å². The first-order valence-corrected chi connectivity index (χ1v) is 8.08. The largest absolute Gasteiger partial charge is 0.502 e. The van der Waals surface area contributed by atoms with Gasteiger partial charge < -0.3 is 14.9 Å². The molecule has 0 aliphatic heterocycles. The number of aromatic hydroxyl groups is 1. The summed E-state index contributed by atoms with van der Waals surface area (Å²) in [4.78, 5) is 23.8. The van der Waals surface area contributed by atoms with E-state index in [2.05, 4.69) is 0 Å². The average Bonchev–Trinajstić information content (AvgIpc) is 3.00. The Bertz CT molecular complexity index is 1010. The fourth-order valence-corrected chi connectivity index (χ4v) is 3.71. The normalized spacial score (nSPS) is 10.9. The van der Waals surface area contributed by atoms with Gasteiger partial charge in [-0.3, -0.25) is 9.36 Å². The fraction of sp³-hybridized carbons (Fsp3) is 0.125. The number of carbonyl (C=O) groups is 1. The molecule has 0 amide bonds. The molecule has 6 nitrogen and oxygen atoms in total. The lowest BCUT2D eigenvalue weighted by atomic mass is 10.1. The van der Waals surface area contributed by atoms with E-state index in [0.29, 0.717) is 21.0 Å². The Morgan fingerprint density at radius 1 is 1.38 bits per heavy atom. The van der Waals surface area contributed by atoms with E-state index in [9.17, 15) is 19.8 Å². The Hall–Kier alpha value is -2.51. The van der Waals surface area contributed by atoms with Gasteiger partial charge in [0.25, 0.3) is 5.56 Å². The van der Waals surface area contributed by atoms with E-state index in [1.807, 2.05) is 0 Å². The highest BCUT2D eigenvalue weighted by Crippen LogP contribution is 2.30. The predicted octanol–water partition coefficient (Wildman–Crippen LogP) is 3.18.